The smallest absolute Gasteiger partial charge is 0.348 e. The Morgan fingerprint density at radius 3 is 2.96 bits per heavy atom. The molecule has 2 aromatic heterocycles. The number of carbonyl (C=O) groups is 1. The van der Waals surface area contributed by atoms with Gasteiger partial charge < -0.3 is 20.5 Å². The number of methoxy groups -OCH3 is 1. The van der Waals surface area contributed by atoms with Crippen LogP contribution in [0.1, 0.15) is 52.7 Å². The summed E-state index contributed by atoms with van der Waals surface area (Å²) in [4.78, 5) is 30.6. The molecule has 0 radical (unpaired) electrons. The summed E-state index contributed by atoms with van der Waals surface area (Å²) in [5, 5.41) is 3.20. The molecule has 0 saturated heterocycles. The van der Waals surface area contributed by atoms with Gasteiger partial charge >= 0.3 is 5.97 Å². The average Bonchev–Trinajstić information content (AvgIpc) is 3.28. The lowest BCUT2D eigenvalue weighted by Crippen LogP contribution is -2.29. The predicted molar refractivity (Wildman–Crippen MR) is 109 cm³/mol. The van der Waals surface area contributed by atoms with Crippen LogP contribution in [0.4, 0.5) is 11.8 Å². The molecule has 1 unspecified atom stereocenters. The molecule has 0 saturated carbocycles. The number of carbonyl (C=O) groups excluding carboxylic acids is 1. The van der Waals surface area contributed by atoms with E-state index in [-0.39, 0.29) is 36.2 Å². The van der Waals surface area contributed by atoms with Gasteiger partial charge in [-0.1, -0.05) is 0 Å². The van der Waals surface area contributed by atoms with E-state index in [0.717, 1.165) is 24.1 Å². The van der Waals surface area contributed by atoms with Crippen LogP contribution in [0.25, 0.3) is 0 Å². The Balaban J connectivity index is 1.66. The van der Waals surface area contributed by atoms with Crippen LogP contribution in [0, 0.1) is 0 Å². The summed E-state index contributed by atoms with van der Waals surface area (Å²) in [7, 11) is 1.38. The summed E-state index contributed by atoms with van der Waals surface area (Å²) < 4.78 is 11.7. The highest BCUT2D eigenvalue weighted by Gasteiger charge is 2.28. The number of nitrogens with two attached hydrogens (primary N) is 1. The van der Waals surface area contributed by atoms with Gasteiger partial charge in [-0.15, -0.1) is 11.3 Å². The van der Waals surface area contributed by atoms with E-state index < -0.39 is 0 Å². The zero-order valence-corrected chi connectivity index (χ0v) is 17.2. The van der Waals surface area contributed by atoms with Gasteiger partial charge in [-0.25, -0.2) is 4.79 Å². The first-order chi connectivity index (χ1) is 13.4. The van der Waals surface area contributed by atoms with Gasteiger partial charge in [0.25, 0.3) is 5.56 Å². The Morgan fingerprint density at radius 2 is 2.25 bits per heavy atom. The van der Waals surface area contributed by atoms with Gasteiger partial charge in [0.15, 0.2) is 0 Å². The van der Waals surface area contributed by atoms with Crippen molar-refractivity contribution in [2.24, 2.45) is 0 Å². The van der Waals surface area contributed by atoms with Crippen LogP contribution in [0.5, 0.6) is 0 Å². The number of nitrogen functional groups attached to an aromatic ring is 1. The molecule has 0 fully saturated rings. The summed E-state index contributed by atoms with van der Waals surface area (Å²) in [5.41, 5.74) is 6.48. The Hall–Kier alpha value is -2.39. The minimum absolute atomic E-state index is 0.00541. The molecule has 0 spiro atoms. The molecule has 1 aliphatic heterocycles. The third kappa shape index (κ3) is 4.36. The highest BCUT2D eigenvalue weighted by atomic mass is 32.1. The van der Waals surface area contributed by atoms with Gasteiger partial charge in [0.05, 0.1) is 18.8 Å². The van der Waals surface area contributed by atoms with E-state index in [2.05, 4.69) is 10.3 Å². The number of aryl methyl sites for hydroxylation is 1. The number of nitrogens with one attached hydrogen (secondary N) is 1. The van der Waals surface area contributed by atoms with Crippen molar-refractivity contribution in [3.8, 4) is 0 Å². The van der Waals surface area contributed by atoms with Crippen molar-refractivity contribution >= 4 is 29.1 Å². The van der Waals surface area contributed by atoms with Crippen LogP contribution in [-0.4, -0.2) is 35.3 Å². The predicted octanol–water partition coefficient (Wildman–Crippen LogP) is 2.59. The number of esters is 1. The van der Waals surface area contributed by atoms with E-state index in [1.165, 1.54) is 23.0 Å². The number of aromatic nitrogens is 2. The molecule has 9 heteroatoms. The molecular formula is C19H26N4O4S. The topological polar surface area (TPSA) is 108 Å². The Bertz CT molecular complexity index is 906. The molecule has 0 aromatic carbocycles. The molecular weight excluding hydrogens is 380 g/mol. The van der Waals surface area contributed by atoms with Crippen LogP contribution >= 0.6 is 11.3 Å². The Labute approximate surface area is 167 Å². The van der Waals surface area contributed by atoms with E-state index in [9.17, 15) is 9.59 Å². The lowest BCUT2D eigenvalue weighted by molar-refractivity contribution is 0.0274. The van der Waals surface area contributed by atoms with Crippen LogP contribution < -0.4 is 16.6 Å². The minimum atomic E-state index is -0.307. The highest BCUT2D eigenvalue weighted by Crippen LogP contribution is 2.32. The van der Waals surface area contributed by atoms with Crippen molar-refractivity contribution in [3.63, 3.8) is 0 Å². The van der Waals surface area contributed by atoms with Crippen molar-refractivity contribution in [2.45, 2.75) is 51.9 Å². The third-order valence-electron chi connectivity index (χ3n) is 4.72. The van der Waals surface area contributed by atoms with Gasteiger partial charge in [0, 0.05) is 17.3 Å². The second-order valence-electron chi connectivity index (χ2n) is 7.04. The van der Waals surface area contributed by atoms with Crippen LogP contribution in [-0.2, 0) is 22.6 Å². The van der Waals surface area contributed by atoms with Crippen molar-refractivity contribution in [1.82, 2.24) is 9.55 Å². The third-order valence-corrected chi connectivity index (χ3v) is 5.84. The largest absolute Gasteiger partial charge is 0.465 e. The first-order valence-corrected chi connectivity index (χ1v) is 10.1. The average molecular weight is 407 g/mol. The number of hydrogen-bond donors (Lipinski definition) is 2. The number of rotatable bonds is 8. The lowest BCUT2D eigenvalue weighted by Gasteiger charge is -2.15. The molecule has 2 aromatic rings. The van der Waals surface area contributed by atoms with E-state index in [1.807, 2.05) is 19.9 Å². The number of ether oxygens (including phenoxy) is 2. The fraction of sp³-hybridized carbons (Fsp3) is 0.526. The van der Waals surface area contributed by atoms with Crippen LogP contribution in [0.2, 0.25) is 0 Å². The second kappa shape index (κ2) is 8.74. The monoisotopic (exact) mass is 406 g/mol. The second-order valence-corrected chi connectivity index (χ2v) is 8.21. The highest BCUT2D eigenvalue weighted by molar-refractivity contribution is 7.13. The number of thiophene rings is 1. The molecule has 3 heterocycles. The van der Waals surface area contributed by atoms with Gasteiger partial charge in [-0.3, -0.25) is 9.36 Å². The molecule has 1 aliphatic rings. The molecule has 0 bridgehead atoms. The molecule has 0 amide bonds. The summed E-state index contributed by atoms with van der Waals surface area (Å²) >= 11 is 1.45. The summed E-state index contributed by atoms with van der Waals surface area (Å²) in [6.07, 6.45) is 2.59. The normalized spacial score (nSPS) is 15.5. The number of hydrogen-bond acceptors (Lipinski definition) is 8. The maximum Gasteiger partial charge on any atom is 0.348 e. The van der Waals surface area contributed by atoms with Crippen molar-refractivity contribution < 1.29 is 14.3 Å². The summed E-state index contributed by atoms with van der Waals surface area (Å²) in [6.45, 7) is 4.58. The standard InChI is InChI=1S/C19H26N4O4S/c1-11(2)27-10-23-17(24)15-12(9-21-16(15)22-19(23)20)5-4-6-13-7-8-14(28-13)18(25)26-3/h7-8,11-12,21H,4-6,9-10H2,1-3H3,(H2,20,22). The lowest BCUT2D eigenvalue weighted by atomic mass is 9.97. The number of nitrogens with zero attached hydrogens (tertiary/aromatic N) is 2. The molecule has 28 heavy (non-hydrogen) atoms. The molecule has 3 N–H and O–H groups in total. The maximum atomic E-state index is 12.9. The van der Waals surface area contributed by atoms with Crippen LogP contribution in [0.15, 0.2) is 16.9 Å². The quantitative estimate of drug-likeness (QED) is 0.649. The van der Waals surface area contributed by atoms with Gasteiger partial charge in [0.1, 0.15) is 17.4 Å². The molecule has 3 rings (SSSR count). The maximum absolute atomic E-state index is 12.9. The first kappa shape index (κ1) is 20.3. The van der Waals surface area contributed by atoms with Gasteiger partial charge in [0.2, 0.25) is 5.95 Å². The van der Waals surface area contributed by atoms with Crippen molar-refractivity contribution in [2.75, 3.05) is 24.7 Å². The first-order valence-electron chi connectivity index (χ1n) is 9.33. The number of anilines is 2. The summed E-state index contributed by atoms with van der Waals surface area (Å²) in [5.74, 6) is 0.516. The van der Waals surface area contributed by atoms with Gasteiger partial charge in [-0.05, 0) is 45.2 Å². The van der Waals surface area contributed by atoms with Crippen LogP contribution in [0.3, 0.4) is 0 Å². The van der Waals surface area contributed by atoms with E-state index >= 15 is 0 Å². The van der Waals surface area contributed by atoms with E-state index in [4.69, 9.17) is 15.2 Å². The Morgan fingerprint density at radius 1 is 1.46 bits per heavy atom. The number of fused-ring (bicyclic) bond motifs is 1. The molecule has 0 aliphatic carbocycles. The molecule has 152 valence electrons. The fourth-order valence-electron chi connectivity index (χ4n) is 3.25. The SMILES string of the molecule is COC(=O)c1ccc(CCCC2CNc3nc(N)n(COC(C)C)c(=O)c32)s1. The van der Waals surface area contributed by atoms with Crippen molar-refractivity contribution in [3.05, 3.63) is 37.8 Å². The minimum Gasteiger partial charge on any atom is -0.465 e. The zero-order valence-electron chi connectivity index (χ0n) is 16.4. The van der Waals surface area contributed by atoms with Crippen molar-refractivity contribution in [1.29, 1.82) is 0 Å². The zero-order chi connectivity index (χ0) is 20.3. The summed E-state index contributed by atoms with van der Waals surface area (Å²) in [6, 6.07) is 3.74. The van der Waals surface area contributed by atoms with E-state index in [1.54, 1.807) is 6.07 Å². The van der Waals surface area contributed by atoms with E-state index in [0.29, 0.717) is 22.8 Å². The fourth-order valence-corrected chi connectivity index (χ4v) is 4.22. The Kier molecular flexibility index (Phi) is 6.35. The molecule has 1 atom stereocenters. The van der Waals surface area contributed by atoms with Gasteiger partial charge in [-0.2, -0.15) is 4.98 Å². The molecule has 8 nitrogen and oxygen atoms in total.